The molecule has 0 aliphatic carbocycles. The molecule has 9 heteroatoms. The Hall–Kier alpha value is -3.36. The summed E-state index contributed by atoms with van der Waals surface area (Å²) >= 11 is 0. The molecule has 1 aromatic heterocycles. The van der Waals surface area contributed by atoms with Crippen molar-refractivity contribution in [3.63, 3.8) is 0 Å². The maximum atomic E-state index is 12.8. The van der Waals surface area contributed by atoms with Gasteiger partial charge in [-0.05, 0) is 25.0 Å². The van der Waals surface area contributed by atoms with Crippen LogP contribution in [-0.2, 0) is 4.74 Å². The highest BCUT2D eigenvalue weighted by atomic mass is 16.5. The molecule has 1 aliphatic heterocycles. The van der Waals surface area contributed by atoms with Crippen molar-refractivity contribution in [3.8, 4) is 5.75 Å². The van der Waals surface area contributed by atoms with Crippen molar-refractivity contribution >= 4 is 23.6 Å². The maximum absolute atomic E-state index is 12.8. The van der Waals surface area contributed by atoms with Crippen molar-refractivity contribution in [1.82, 2.24) is 14.9 Å². The van der Waals surface area contributed by atoms with Gasteiger partial charge >= 0.3 is 6.09 Å². The van der Waals surface area contributed by atoms with Gasteiger partial charge in [-0.25, -0.2) is 9.78 Å². The van der Waals surface area contributed by atoms with Gasteiger partial charge < -0.3 is 25.4 Å². The molecule has 1 aliphatic rings. The number of nitrogen functional groups attached to an aromatic ring is 1. The molecule has 0 bridgehead atoms. The number of likely N-dealkylation sites (tertiary alicyclic amines) is 1. The lowest BCUT2D eigenvalue weighted by Gasteiger charge is -2.32. The van der Waals surface area contributed by atoms with Crippen LogP contribution in [0.1, 0.15) is 28.8 Å². The highest BCUT2D eigenvalue weighted by molar-refractivity contribution is 6.13. The van der Waals surface area contributed by atoms with Crippen molar-refractivity contribution in [2.75, 3.05) is 38.4 Å². The smallest absolute Gasteiger partial charge is 0.409 e. The Balaban J connectivity index is 1.74. The predicted octanol–water partition coefficient (Wildman–Crippen LogP) is 1.94. The van der Waals surface area contributed by atoms with Gasteiger partial charge in [0.2, 0.25) is 11.7 Å². The number of nitrogens with zero attached hydrogens (tertiary/aromatic N) is 3. The van der Waals surface area contributed by atoms with Crippen molar-refractivity contribution in [2.45, 2.75) is 18.9 Å². The summed E-state index contributed by atoms with van der Waals surface area (Å²) in [5, 5.41) is 3.17. The van der Waals surface area contributed by atoms with Gasteiger partial charge in [-0.2, -0.15) is 4.98 Å². The third kappa shape index (κ3) is 4.13. The van der Waals surface area contributed by atoms with Crippen molar-refractivity contribution < 1.29 is 19.1 Å². The second-order valence-electron chi connectivity index (χ2n) is 6.42. The van der Waals surface area contributed by atoms with Crippen LogP contribution in [0.2, 0.25) is 0 Å². The normalized spacial score (nSPS) is 16.4. The molecular formula is C19H23N5O4. The van der Waals surface area contributed by atoms with E-state index in [0.717, 1.165) is 12.8 Å². The van der Waals surface area contributed by atoms with Crippen LogP contribution in [0.4, 0.5) is 16.6 Å². The lowest BCUT2D eigenvalue weighted by atomic mass is 10.0. The molecule has 1 aromatic carbocycles. The number of methoxy groups -OCH3 is 2. The zero-order chi connectivity index (χ0) is 20.1. The zero-order valence-corrected chi connectivity index (χ0v) is 15.8. The fourth-order valence-corrected chi connectivity index (χ4v) is 3.19. The second-order valence-corrected chi connectivity index (χ2v) is 6.42. The highest BCUT2D eigenvalue weighted by Gasteiger charge is 2.25. The number of benzene rings is 1. The van der Waals surface area contributed by atoms with E-state index in [1.165, 1.54) is 20.4 Å². The predicted molar refractivity (Wildman–Crippen MR) is 103 cm³/mol. The molecule has 3 rings (SSSR count). The summed E-state index contributed by atoms with van der Waals surface area (Å²) in [5.41, 5.74) is 6.61. The molecule has 1 fully saturated rings. The van der Waals surface area contributed by atoms with Crippen LogP contribution in [0.5, 0.6) is 5.75 Å². The number of hydrogen-bond donors (Lipinski definition) is 2. The summed E-state index contributed by atoms with van der Waals surface area (Å²) in [6, 6.07) is 6.87. The third-order valence-electron chi connectivity index (χ3n) is 4.60. The molecule has 0 saturated carbocycles. The van der Waals surface area contributed by atoms with E-state index in [-0.39, 0.29) is 29.3 Å². The van der Waals surface area contributed by atoms with Crippen LogP contribution in [-0.4, -0.2) is 60.1 Å². The molecule has 3 N–H and O–H groups in total. The molecular weight excluding hydrogens is 362 g/mol. The summed E-state index contributed by atoms with van der Waals surface area (Å²) in [5.74, 6) is 0.537. The Kier molecular flexibility index (Phi) is 5.93. The van der Waals surface area contributed by atoms with E-state index in [4.69, 9.17) is 15.2 Å². The Morgan fingerprint density at radius 1 is 1.25 bits per heavy atom. The van der Waals surface area contributed by atoms with E-state index in [1.54, 1.807) is 29.2 Å². The van der Waals surface area contributed by atoms with Gasteiger partial charge in [0.25, 0.3) is 0 Å². The molecule has 0 spiro atoms. The third-order valence-corrected chi connectivity index (χ3v) is 4.60. The number of piperidine rings is 1. The van der Waals surface area contributed by atoms with Gasteiger partial charge in [0.15, 0.2) is 0 Å². The number of amides is 1. The highest BCUT2D eigenvalue weighted by Crippen LogP contribution is 2.23. The number of nitrogens with two attached hydrogens (primary N) is 1. The maximum Gasteiger partial charge on any atom is 0.409 e. The van der Waals surface area contributed by atoms with Crippen LogP contribution in [0.3, 0.4) is 0 Å². The number of rotatable bonds is 5. The number of hydrogen-bond acceptors (Lipinski definition) is 8. The summed E-state index contributed by atoms with van der Waals surface area (Å²) in [4.78, 5) is 34.6. The minimum Gasteiger partial charge on any atom is -0.496 e. The number of anilines is 2. The topological polar surface area (TPSA) is 120 Å². The SMILES string of the molecule is COC(=O)N1CCCC(Nc2ncc(C(=O)c3ccccc3OC)c(N)n2)C1. The molecule has 148 valence electrons. The lowest BCUT2D eigenvalue weighted by Crippen LogP contribution is -2.45. The Bertz CT molecular complexity index is 873. The summed E-state index contributed by atoms with van der Waals surface area (Å²) < 4.78 is 10.0. The first-order valence-corrected chi connectivity index (χ1v) is 8.93. The summed E-state index contributed by atoms with van der Waals surface area (Å²) in [7, 11) is 2.86. The minimum atomic E-state index is -0.357. The lowest BCUT2D eigenvalue weighted by molar-refractivity contribution is 0.103. The molecule has 2 aromatic rings. The number of carbonyl (C=O) groups is 2. The van der Waals surface area contributed by atoms with E-state index in [0.29, 0.717) is 30.4 Å². The van der Waals surface area contributed by atoms with Crippen LogP contribution < -0.4 is 15.8 Å². The first kappa shape index (κ1) is 19.4. The quantitative estimate of drug-likeness (QED) is 0.750. The number of ketones is 1. The van der Waals surface area contributed by atoms with Crippen molar-refractivity contribution in [3.05, 3.63) is 41.6 Å². The molecule has 1 amide bonds. The molecule has 1 unspecified atom stereocenters. The first-order valence-electron chi connectivity index (χ1n) is 8.93. The Morgan fingerprint density at radius 2 is 2.04 bits per heavy atom. The van der Waals surface area contributed by atoms with E-state index < -0.39 is 0 Å². The number of ether oxygens (including phenoxy) is 2. The average molecular weight is 385 g/mol. The molecule has 1 saturated heterocycles. The fourth-order valence-electron chi connectivity index (χ4n) is 3.19. The van der Waals surface area contributed by atoms with Gasteiger partial charge in [-0.15, -0.1) is 0 Å². The molecule has 1 atom stereocenters. The second kappa shape index (κ2) is 8.55. The Morgan fingerprint density at radius 3 is 2.75 bits per heavy atom. The monoisotopic (exact) mass is 385 g/mol. The number of para-hydroxylation sites is 1. The van der Waals surface area contributed by atoms with E-state index in [2.05, 4.69) is 15.3 Å². The van der Waals surface area contributed by atoms with Crippen LogP contribution in [0.25, 0.3) is 0 Å². The minimum absolute atomic E-state index is 0.0250. The van der Waals surface area contributed by atoms with Crippen LogP contribution in [0.15, 0.2) is 30.5 Å². The molecule has 2 heterocycles. The standard InChI is InChI=1S/C19H23N5O4/c1-27-15-8-4-3-7-13(15)16(25)14-10-21-18(23-17(14)20)22-12-6-5-9-24(11-12)19(26)28-2/h3-4,7-8,10,12H,5-6,9,11H2,1-2H3,(H3,20,21,22,23). The number of aromatic nitrogens is 2. The molecule has 9 nitrogen and oxygen atoms in total. The number of carbonyl (C=O) groups excluding carboxylic acids is 2. The molecule has 0 radical (unpaired) electrons. The van der Waals surface area contributed by atoms with Crippen LogP contribution in [0, 0.1) is 0 Å². The van der Waals surface area contributed by atoms with Gasteiger partial charge in [0.1, 0.15) is 11.6 Å². The van der Waals surface area contributed by atoms with E-state index in [1.807, 2.05) is 0 Å². The van der Waals surface area contributed by atoms with Gasteiger partial charge in [0.05, 0.1) is 25.3 Å². The largest absolute Gasteiger partial charge is 0.496 e. The van der Waals surface area contributed by atoms with Crippen molar-refractivity contribution in [2.24, 2.45) is 0 Å². The Labute approximate surface area is 162 Å². The van der Waals surface area contributed by atoms with Gasteiger partial charge in [-0.3, -0.25) is 4.79 Å². The van der Waals surface area contributed by atoms with Gasteiger partial charge in [-0.1, -0.05) is 12.1 Å². The van der Waals surface area contributed by atoms with E-state index >= 15 is 0 Å². The van der Waals surface area contributed by atoms with E-state index in [9.17, 15) is 9.59 Å². The van der Waals surface area contributed by atoms with Gasteiger partial charge in [0, 0.05) is 25.3 Å². The fraction of sp³-hybridized carbons (Fsp3) is 0.368. The van der Waals surface area contributed by atoms with Crippen molar-refractivity contribution in [1.29, 1.82) is 0 Å². The zero-order valence-electron chi connectivity index (χ0n) is 15.8. The first-order chi connectivity index (χ1) is 13.5. The number of nitrogens with one attached hydrogen (secondary N) is 1. The average Bonchev–Trinajstić information content (AvgIpc) is 2.73. The molecule has 28 heavy (non-hydrogen) atoms. The summed E-state index contributed by atoms with van der Waals surface area (Å²) in [6.07, 6.45) is 2.75. The van der Waals surface area contributed by atoms with Crippen LogP contribution >= 0.6 is 0 Å². The summed E-state index contributed by atoms with van der Waals surface area (Å²) in [6.45, 7) is 1.14.